The topological polar surface area (TPSA) is 80.0 Å². The van der Waals surface area contributed by atoms with Gasteiger partial charge in [0.1, 0.15) is 0 Å². The normalized spacial score (nSPS) is 15.5. The van der Waals surface area contributed by atoms with Crippen LogP contribution in [0.2, 0.25) is 0 Å². The highest BCUT2D eigenvalue weighted by atomic mass is 32.1. The van der Waals surface area contributed by atoms with Crippen molar-refractivity contribution in [3.8, 4) is 11.3 Å². The molecule has 1 aliphatic heterocycles. The van der Waals surface area contributed by atoms with E-state index < -0.39 is 0 Å². The zero-order chi connectivity index (χ0) is 20.2. The van der Waals surface area contributed by atoms with Gasteiger partial charge in [0.25, 0.3) is 5.56 Å². The third-order valence-electron chi connectivity index (χ3n) is 5.22. The van der Waals surface area contributed by atoms with Crippen LogP contribution in [0.3, 0.4) is 0 Å². The molecule has 4 heterocycles. The van der Waals surface area contributed by atoms with E-state index in [0.717, 1.165) is 55.5 Å². The van der Waals surface area contributed by atoms with Crippen LogP contribution in [0.4, 0.5) is 5.13 Å². The molecular weight excluding hydrogens is 386 g/mol. The number of aromatic nitrogens is 5. The summed E-state index contributed by atoms with van der Waals surface area (Å²) in [6.45, 7) is 3.51. The zero-order valence-corrected chi connectivity index (χ0v) is 17.5. The van der Waals surface area contributed by atoms with Crippen LogP contribution in [-0.4, -0.2) is 56.0 Å². The minimum Gasteiger partial charge on any atom is -0.353 e. The van der Waals surface area contributed by atoms with Crippen molar-refractivity contribution in [1.29, 1.82) is 0 Å². The summed E-state index contributed by atoms with van der Waals surface area (Å²) in [7, 11) is 3.96. The Bertz CT molecular complexity index is 993. The number of likely N-dealkylation sites (tertiary alicyclic amines) is 1. The number of rotatable bonds is 6. The Kier molecular flexibility index (Phi) is 5.96. The van der Waals surface area contributed by atoms with Crippen molar-refractivity contribution in [2.75, 3.05) is 32.1 Å². The van der Waals surface area contributed by atoms with E-state index in [1.165, 1.54) is 11.5 Å². The van der Waals surface area contributed by atoms with E-state index >= 15 is 0 Å². The quantitative estimate of drug-likeness (QED) is 0.615. The van der Waals surface area contributed by atoms with Gasteiger partial charge in [-0.1, -0.05) is 0 Å². The fourth-order valence-electron chi connectivity index (χ4n) is 3.54. The lowest BCUT2D eigenvalue weighted by Crippen LogP contribution is -2.36. The van der Waals surface area contributed by atoms with E-state index in [2.05, 4.69) is 24.2 Å². The Morgan fingerprint density at radius 2 is 1.97 bits per heavy atom. The van der Waals surface area contributed by atoms with E-state index in [9.17, 15) is 4.79 Å². The third kappa shape index (κ3) is 4.86. The molecule has 1 fully saturated rings. The van der Waals surface area contributed by atoms with E-state index in [4.69, 9.17) is 0 Å². The smallest absolute Gasteiger partial charge is 0.253 e. The molecule has 0 amide bonds. The molecule has 1 aliphatic rings. The molecule has 0 spiro atoms. The van der Waals surface area contributed by atoms with Gasteiger partial charge in [-0.3, -0.25) is 19.2 Å². The van der Waals surface area contributed by atoms with Gasteiger partial charge in [-0.25, -0.2) is 9.97 Å². The van der Waals surface area contributed by atoms with Gasteiger partial charge in [-0.05, 0) is 44.0 Å². The number of anilines is 1. The minimum atomic E-state index is -0.00266. The Hall–Kier alpha value is -2.65. The second-order valence-electron chi connectivity index (χ2n) is 7.61. The van der Waals surface area contributed by atoms with Crippen LogP contribution >= 0.6 is 11.5 Å². The number of hydrogen-bond acceptors (Lipinski definition) is 8. The van der Waals surface area contributed by atoms with Gasteiger partial charge < -0.3 is 4.90 Å². The molecule has 152 valence electrons. The van der Waals surface area contributed by atoms with E-state index in [1.54, 1.807) is 29.4 Å². The summed E-state index contributed by atoms with van der Waals surface area (Å²) in [6.07, 6.45) is 7.20. The van der Waals surface area contributed by atoms with Gasteiger partial charge in [0.2, 0.25) is 5.13 Å². The molecule has 4 rings (SSSR count). The average molecular weight is 412 g/mol. The van der Waals surface area contributed by atoms with E-state index in [0.29, 0.717) is 11.6 Å². The van der Waals surface area contributed by atoms with Gasteiger partial charge in [0.15, 0.2) is 5.82 Å². The SMILES string of the molecule is CN(C)c1nc(CN2CCC(Cn3cnc(-c4ccncc4)cc3=O)CC2)ns1. The molecule has 0 atom stereocenters. The summed E-state index contributed by atoms with van der Waals surface area (Å²) < 4.78 is 6.19. The van der Waals surface area contributed by atoms with Crippen molar-refractivity contribution >= 4 is 16.7 Å². The van der Waals surface area contributed by atoms with E-state index in [1.807, 2.05) is 31.1 Å². The van der Waals surface area contributed by atoms with Gasteiger partial charge in [0.05, 0.1) is 18.6 Å². The second-order valence-corrected chi connectivity index (χ2v) is 8.34. The molecule has 8 nitrogen and oxygen atoms in total. The molecule has 1 saturated heterocycles. The predicted octanol–water partition coefficient (Wildman–Crippen LogP) is 2.13. The Balaban J connectivity index is 1.32. The zero-order valence-electron chi connectivity index (χ0n) is 16.7. The molecule has 0 bridgehead atoms. The third-order valence-corrected chi connectivity index (χ3v) is 6.14. The van der Waals surface area contributed by atoms with Gasteiger partial charge in [0, 0.05) is 56.2 Å². The first-order valence-corrected chi connectivity index (χ1v) is 10.5. The fourth-order valence-corrected chi connectivity index (χ4v) is 4.13. The van der Waals surface area contributed by atoms with Crippen LogP contribution < -0.4 is 10.5 Å². The lowest BCUT2D eigenvalue weighted by molar-refractivity contribution is 0.163. The number of nitrogens with zero attached hydrogens (tertiary/aromatic N) is 7. The summed E-state index contributed by atoms with van der Waals surface area (Å²) in [6, 6.07) is 5.34. The minimum absolute atomic E-state index is 0.00266. The molecular formula is C20H25N7OS. The standard InChI is InChI=1S/C20H25N7OS/c1-25(2)20-23-18(24-29-20)13-26-9-5-15(6-10-26)12-27-14-22-17(11-19(27)28)16-3-7-21-8-4-16/h3-4,7-8,11,14-15H,5-6,9-10,12-13H2,1-2H3. The number of pyridine rings is 1. The van der Waals surface area contributed by atoms with Crippen LogP contribution in [0.25, 0.3) is 11.3 Å². The Morgan fingerprint density at radius 1 is 1.21 bits per heavy atom. The molecule has 9 heteroatoms. The molecule has 29 heavy (non-hydrogen) atoms. The first-order valence-electron chi connectivity index (χ1n) is 9.77. The summed E-state index contributed by atoms with van der Waals surface area (Å²) in [5.74, 6) is 1.38. The van der Waals surface area contributed by atoms with Crippen LogP contribution in [0.1, 0.15) is 18.7 Å². The van der Waals surface area contributed by atoms with Crippen molar-refractivity contribution in [2.24, 2.45) is 5.92 Å². The van der Waals surface area contributed by atoms with Crippen molar-refractivity contribution in [2.45, 2.75) is 25.9 Å². The number of hydrogen-bond donors (Lipinski definition) is 0. The first kappa shape index (κ1) is 19.7. The summed E-state index contributed by atoms with van der Waals surface area (Å²) >= 11 is 1.44. The largest absolute Gasteiger partial charge is 0.353 e. The van der Waals surface area contributed by atoms with Gasteiger partial charge >= 0.3 is 0 Å². The lowest BCUT2D eigenvalue weighted by atomic mass is 9.96. The second kappa shape index (κ2) is 8.79. The van der Waals surface area contributed by atoms with Crippen LogP contribution in [-0.2, 0) is 13.1 Å². The first-order chi connectivity index (χ1) is 14.1. The van der Waals surface area contributed by atoms with Crippen molar-refractivity contribution in [3.05, 3.63) is 53.1 Å². The summed E-state index contributed by atoms with van der Waals surface area (Å²) in [5.41, 5.74) is 1.60. The Morgan fingerprint density at radius 3 is 2.62 bits per heavy atom. The maximum absolute atomic E-state index is 12.5. The average Bonchev–Trinajstić information content (AvgIpc) is 3.20. The maximum Gasteiger partial charge on any atom is 0.253 e. The molecule has 0 aromatic carbocycles. The molecule has 3 aromatic rings. The maximum atomic E-state index is 12.5. The molecule has 0 unspecified atom stereocenters. The van der Waals surface area contributed by atoms with E-state index in [-0.39, 0.29) is 5.56 Å². The van der Waals surface area contributed by atoms with Gasteiger partial charge in [-0.2, -0.15) is 4.37 Å². The van der Waals surface area contributed by atoms with Crippen molar-refractivity contribution in [3.63, 3.8) is 0 Å². The summed E-state index contributed by atoms with van der Waals surface area (Å²) in [5, 5.41) is 0.942. The molecule has 0 N–H and O–H groups in total. The highest BCUT2D eigenvalue weighted by molar-refractivity contribution is 7.09. The predicted molar refractivity (Wildman–Crippen MR) is 114 cm³/mol. The molecule has 0 saturated carbocycles. The lowest BCUT2D eigenvalue weighted by Gasteiger charge is -2.31. The van der Waals surface area contributed by atoms with Crippen LogP contribution in [0.5, 0.6) is 0 Å². The molecule has 0 radical (unpaired) electrons. The van der Waals surface area contributed by atoms with Crippen LogP contribution in [0.15, 0.2) is 41.7 Å². The Labute approximate surface area is 174 Å². The van der Waals surface area contributed by atoms with Gasteiger partial charge in [-0.15, -0.1) is 0 Å². The highest BCUT2D eigenvalue weighted by Crippen LogP contribution is 2.21. The highest BCUT2D eigenvalue weighted by Gasteiger charge is 2.21. The molecule has 0 aliphatic carbocycles. The number of piperidine rings is 1. The summed E-state index contributed by atoms with van der Waals surface area (Å²) in [4.78, 5) is 29.9. The van der Waals surface area contributed by atoms with Crippen molar-refractivity contribution in [1.82, 2.24) is 28.8 Å². The van der Waals surface area contributed by atoms with Crippen molar-refractivity contribution < 1.29 is 0 Å². The monoisotopic (exact) mass is 411 g/mol. The molecule has 3 aromatic heterocycles. The fraction of sp³-hybridized carbons (Fsp3) is 0.450. The van der Waals surface area contributed by atoms with Crippen LogP contribution in [0, 0.1) is 5.92 Å².